The molecular weight excluding hydrogens is 656 g/mol. The zero-order chi connectivity index (χ0) is 37.3. The molecule has 0 spiro atoms. The van der Waals surface area contributed by atoms with E-state index in [0.717, 1.165) is 16.5 Å². The van der Waals surface area contributed by atoms with Gasteiger partial charge >= 0.3 is 0 Å². The number of rotatable bonds is 14. The molecule has 4 aromatic rings. The van der Waals surface area contributed by atoms with E-state index in [2.05, 4.69) is 25.9 Å². The van der Waals surface area contributed by atoms with Crippen molar-refractivity contribution in [2.45, 2.75) is 96.4 Å². The summed E-state index contributed by atoms with van der Waals surface area (Å²) in [6, 6.07) is 22.3. The molecule has 1 aliphatic heterocycles. The summed E-state index contributed by atoms with van der Waals surface area (Å²) in [4.78, 5) is 51.7. The summed E-state index contributed by atoms with van der Waals surface area (Å²) < 4.78 is 6.24. The van der Waals surface area contributed by atoms with E-state index < -0.39 is 41.6 Å². The fourth-order valence-corrected chi connectivity index (χ4v) is 6.51. The Balaban J connectivity index is 1.31. The van der Waals surface area contributed by atoms with E-state index in [9.17, 15) is 19.5 Å². The molecule has 0 radical (unpaired) electrons. The van der Waals surface area contributed by atoms with Crippen molar-refractivity contribution >= 4 is 28.6 Å². The number of carbonyl (C=O) groups is 3. The minimum atomic E-state index is -1.03. The topological polar surface area (TPSA) is 146 Å². The maximum Gasteiger partial charge on any atom is 0.270 e. The first kappa shape index (κ1) is 38.5. The van der Waals surface area contributed by atoms with E-state index in [1.54, 1.807) is 18.5 Å². The quantitative estimate of drug-likeness (QED) is 0.151. The maximum atomic E-state index is 14.0. The molecule has 52 heavy (non-hydrogen) atoms. The number of likely N-dealkylation sites (tertiary alicyclic amines) is 1. The number of aromatic nitrogens is 2. The van der Waals surface area contributed by atoms with Gasteiger partial charge in [0, 0.05) is 36.4 Å². The number of benzene rings is 2. The number of pyridine rings is 2. The van der Waals surface area contributed by atoms with Gasteiger partial charge in [-0.2, -0.15) is 0 Å². The van der Waals surface area contributed by atoms with Crippen LogP contribution in [0.15, 0.2) is 91.3 Å². The number of carbonyl (C=O) groups excluding carboxylic acids is 3. The van der Waals surface area contributed by atoms with E-state index in [1.165, 1.54) is 0 Å². The number of fused-ring (bicyclic) bond motifs is 1. The number of aliphatic hydroxyl groups is 1. The van der Waals surface area contributed by atoms with E-state index in [1.807, 2.05) is 112 Å². The van der Waals surface area contributed by atoms with Gasteiger partial charge in [0.25, 0.3) is 5.91 Å². The number of para-hydroxylation sites is 1. The summed E-state index contributed by atoms with van der Waals surface area (Å²) in [5, 5.41) is 21.9. The van der Waals surface area contributed by atoms with Gasteiger partial charge in [-0.3, -0.25) is 24.3 Å². The minimum Gasteiger partial charge on any atom is -0.390 e. The fraction of sp³-hybridized carbons (Fsp3) is 0.439. The average Bonchev–Trinajstić information content (AvgIpc) is 3.12. The molecule has 1 fully saturated rings. The number of piperidine rings is 1. The number of nitrogens with zero attached hydrogens (tertiary/aromatic N) is 3. The van der Waals surface area contributed by atoms with Crippen LogP contribution in [-0.4, -0.2) is 86.7 Å². The van der Waals surface area contributed by atoms with Crippen LogP contribution in [0.2, 0.25) is 0 Å². The van der Waals surface area contributed by atoms with Gasteiger partial charge < -0.3 is 25.8 Å². The third-order valence-electron chi connectivity index (χ3n) is 9.25. The normalized spacial score (nSPS) is 18.4. The highest BCUT2D eigenvalue weighted by molar-refractivity contribution is 5.98. The van der Waals surface area contributed by atoms with Crippen molar-refractivity contribution in [1.29, 1.82) is 0 Å². The van der Waals surface area contributed by atoms with Gasteiger partial charge in [0.1, 0.15) is 11.7 Å². The van der Waals surface area contributed by atoms with Gasteiger partial charge in [-0.05, 0) is 75.3 Å². The number of nitrogens with one attached hydrogen (secondary N) is 3. The lowest BCUT2D eigenvalue weighted by atomic mass is 9.94. The number of β-amino-alcohol motifs (C(OH)–C–C–N with tert-alkyl or cyclic N) is 1. The van der Waals surface area contributed by atoms with Gasteiger partial charge in [0.05, 0.1) is 36.4 Å². The van der Waals surface area contributed by atoms with Gasteiger partial charge in [0.15, 0.2) is 0 Å². The van der Waals surface area contributed by atoms with Gasteiger partial charge in [0.2, 0.25) is 11.8 Å². The Kier molecular flexibility index (Phi) is 13.1. The summed E-state index contributed by atoms with van der Waals surface area (Å²) in [5.41, 5.74) is 2.34. The third kappa shape index (κ3) is 10.9. The second-order valence-electron chi connectivity index (χ2n) is 15.0. The zero-order valence-electron chi connectivity index (χ0n) is 30.8. The van der Waals surface area contributed by atoms with Crippen LogP contribution >= 0.6 is 0 Å². The van der Waals surface area contributed by atoms with E-state index in [-0.39, 0.29) is 30.2 Å². The molecular formula is C41H52N6O5. The molecule has 1 saturated heterocycles. The molecule has 276 valence electrons. The first-order valence-corrected chi connectivity index (χ1v) is 18.1. The van der Waals surface area contributed by atoms with Crippen molar-refractivity contribution in [1.82, 2.24) is 30.8 Å². The summed E-state index contributed by atoms with van der Waals surface area (Å²) >= 11 is 0. The van der Waals surface area contributed by atoms with Crippen LogP contribution in [0.3, 0.4) is 0 Å². The Morgan fingerprint density at radius 3 is 2.38 bits per heavy atom. The van der Waals surface area contributed by atoms with Crippen LogP contribution in [0.1, 0.15) is 69.1 Å². The Labute approximate surface area is 306 Å². The lowest BCUT2D eigenvalue weighted by Crippen LogP contribution is -2.60. The highest BCUT2D eigenvalue weighted by Gasteiger charge is 2.38. The Hall–Kier alpha value is -4.71. The van der Waals surface area contributed by atoms with Crippen LogP contribution in [-0.2, 0) is 27.4 Å². The standard InChI is InChI=1S/C41H52N6O5/c1-27(2)37(45-38(49)33-18-17-30-15-9-10-16-32(30)43-33)40(51)44-34(22-28-12-7-6-8-13-28)36(48)25-47-21-19-31(52-26-29-14-11-20-42-24-29)23-35(47)39(50)46-41(3,4)5/h6-18,20,24,27,31,34-37,48H,19,21-23,25-26H2,1-5H3,(H,44,51)(H,45,49)(H,46,50)/t31?,34?,35?,36?,37-/m0/s1. The van der Waals surface area contributed by atoms with Crippen LogP contribution < -0.4 is 16.0 Å². The van der Waals surface area contributed by atoms with Crippen molar-refractivity contribution in [3.05, 3.63) is 108 Å². The van der Waals surface area contributed by atoms with Crippen molar-refractivity contribution in [3.8, 4) is 0 Å². The van der Waals surface area contributed by atoms with Crippen molar-refractivity contribution < 1.29 is 24.2 Å². The summed E-state index contributed by atoms with van der Waals surface area (Å²) in [6.45, 7) is 10.6. The van der Waals surface area contributed by atoms with Crippen LogP contribution in [0.5, 0.6) is 0 Å². The molecule has 3 heterocycles. The Bertz CT molecular complexity index is 1780. The highest BCUT2D eigenvalue weighted by atomic mass is 16.5. The molecule has 4 N–H and O–H groups in total. The lowest BCUT2D eigenvalue weighted by Gasteiger charge is -2.41. The number of aliphatic hydroxyl groups excluding tert-OH is 1. The van der Waals surface area contributed by atoms with Crippen LogP contribution in [0.25, 0.3) is 10.9 Å². The minimum absolute atomic E-state index is 0.136. The average molecular weight is 709 g/mol. The van der Waals surface area contributed by atoms with Gasteiger partial charge in [-0.25, -0.2) is 4.98 Å². The fourth-order valence-electron chi connectivity index (χ4n) is 6.51. The predicted molar refractivity (Wildman–Crippen MR) is 201 cm³/mol. The molecule has 11 heteroatoms. The molecule has 0 aliphatic carbocycles. The number of amides is 3. The largest absolute Gasteiger partial charge is 0.390 e. The first-order valence-electron chi connectivity index (χ1n) is 18.1. The number of hydrogen-bond acceptors (Lipinski definition) is 8. The summed E-state index contributed by atoms with van der Waals surface area (Å²) in [6.07, 6.45) is 3.77. The molecule has 5 atom stereocenters. The van der Waals surface area contributed by atoms with Crippen LogP contribution in [0, 0.1) is 5.92 Å². The number of ether oxygens (including phenoxy) is 1. The molecule has 1 aliphatic rings. The van der Waals surface area contributed by atoms with Crippen molar-refractivity contribution in [2.24, 2.45) is 5.92 Å². The molecule has 0 bridgehead atoms. The Morgan fingerprint density at radius 2 is 1.67 bits per heavy atom. The molecule has 3 amide bonds. The third-order valence-corrected chi connectivity index (χ3v) is 9.25. The SMILES string of the molecule is CC(C)[C@H](NC(=O)c1ccc2ccccc2n1)C(=O)NC(Cc1ccccc1)C(O)CN1CCC(OCc2cccnc2)CC1C(=O)NC(C)(C)C. The number of hydrogen-bond donors (Lipinski definition) is 4. The van der Waals surface area contributed by atoms with E-state index in [4.69, 9.17) is 4.74 Å². The molecule has 11 nitrogen and oxygen atoms in total. The molecule has 2 aromatic heterocycles. The summed E-state index contributed by atoms with van der Waals surface area (Å²) in [5.74, 6) is -1.26. The van der Waals surface area contributed by atoms with E-state index in [0.29, 0.717) is 37.9 Å². The van der Waals surface area contributed by atoms with Crippen molar-refractivity contribution in [2.75, 3.05) is 13.1 Å². The smallest absolute Gasteiger partial charge is 0.270 e. The summed E-state index contributed by atoms with van der Waals surface area (Å²) in [7, 11) is 0. The molecule has 2 aromatic carbocycles. The Morgan fingerprint density at radius 1 is 0.942 bits per heavy atom. The second kappa shape index (κ2) is 17.7. The first-order chi connectivity index (χ1) is 24.9. The van der Waals surface area contributed by atoms with Crippen molar-refractivity contribution in [3.63, 3.8) is 0 Å². The lowest BCUT2D eigenvalue weighted by molar-refractivity contribution is -0.134. The highest BCUT2D eigenvalue weighted by Crippen LogP contribution is 2.24. The van der Waals surface area contributed by atoms with Gasteiger partial charge in [-0.15, -0.1) is 0 Å². The second-order valence-corrected chi connectivity index (χ2v) is 15.0. The predicted octanol–water partition coefficient (Wildman–Crippen LogP) is 4.44. The van der Waals surface area contributed by atoms with Gasteiger partial charge in [-0.1, -0.05) is 74.5 Å². The molecule has 4 unspecified atom stereocenters. The zero-order valence-corrected chi connectivity index (χ0v) is 30.8. The molecule has 5 rings (SSSR count). The van der Waals surface area contributed by atoms with Crippen LogP contribution in [0.4, 0.5) is 0 Å². The van der Waals surface area contributed by atoms with E-state index >= 15 is 0 Å². The molecule has 0 saturated carbocycles. The monoisotopic (exact) mass is 708 g/mol. The maximum absolute atomic E-state index is 14.0.